The van der Waals surface area contributed by atoms with Gasteiger partial charge in [0.2, 0.25) is 10.0 Å². The Morgan fingerprint density at radius 2 is 1.68 bits per heavy atom. The number of sulfonamides is 1. The third-order valence-corrected chi connectivity index (χ3v) is 6.75. The molecule has 2 N–H and O–H groups in total. The summed E-state index contributed by atoms with van der Waals surface area (Å²) in [6.45, 7) is 0. The van der Waals surface area contributed by atoms with Crippen molar-refractivity contribution in [3.63, 3.8) is 0 Å². The van der Waals surface area contributed by atoms with Crippen LogP contribution in [0.25, 0.3) is 22.0 Å². The van der Waals surface area contributed by atoms with E-state index in [4.69, 9.17) is 23.2 Å². The van der Waals surface area contributed by atoms with Crippen LogP contribution in [0.4, 0.5) is 27.8 Å². The minimum Gasteiger partial charge on any atom is -0.340 e. The van der Waals surface area contributed by atoms with E-state index in [1.165, 1.54) is 36.0 Å². The van der Waals surface area contributed by atoms with Gasteiger partial charge in [-0.25, -0.2) is 22.2 Å². The largest absolute Gasteiger partial charge is 0.471 e. The van der Waals surface area contributed by atoms with Crippen molar-refractivity contribution < 1.29 is 35.2 Å². The van der Waals surface area contributed by atoms with E-state index in [1.807, 2.05) is 5.32 Å². The number of pyridine rings is 1. The highest BCUT2D eigenvalue weighted by Gasteiger charge is 2.40. The Bertz CT molecular complexity index is 1720. The molecule has 212 valence electrons. The molecular formula is C24H18Cl2F5N5O3S. The number of benzene rings is 2. The number of alkyl halides is 3. The minimum atomic E-state index is -5.29. The number of amides is 1. The van der Waals surface area contributed by atoms with Crippen LogP contribution in [0.5, 0.6) is 0 Å². The van der Waals surface area contributed by atoms with E-state index in [0.717, 1.165) is 18.4 Å². The molecule has 0 radical (unpaired) electrons. The molecule has 4 aromatic rings. The highest BCUT2D eigenvalue weighted by atomic mass is 35.5. The molecule has 1 atom stereocenters. The van der Waals surface area contributed by atoms with Crippen molar-refractivity contribution in [3.05, 3.63) is 75.5 Å². The van der Waals surface area contributed by atoms with Crippen LogP contribution in [0.1, 0.15) is 17.3 Å². The monoisotopic (exact) mass is 621 g/mol. The van der Waals surface area contributed by atoms with Crippen molar-refractivity contribution >= 4 is 55.9 Å². The van der Waals surface area contributed by atoms with Crippen molar-refractivity contribution in [3.8, 4) is 11.1 Å². The zero-order valence-electron chi connectivity index (χ0n) is 20.4. The highest BCUT2D eigenvalue weighted by Crippen LogP contribution is 2.40. The van der Waals surface area contributed by atoms with E-state index in [0.29, 0.717) is 6.07 Å². The molecule has 0 aliphatic rings. The highest BCUT2D eigenvalue weighted by molar-refractivity contribution is 7.92. The lowest BCUT2D eigenvalue weighted by Crippen LogP contribution is -2.40. The van der Waals surface area contributed by atoms with E-state index < -0.39 is 46.2 Å². The molecule has 2 heterocycles. The summed E-state index contributed by atoms with van der Waals surface area (Å²) in [5.74, 6) is -4.37. The van der Waals surface area contributed by atoms with Gasteiger partial charge in [0.15, 0.2) is 5.82 Å². The van der Waals surface area contributed by atoms with E-state index >= 15 is 0 Å². The third kappa shape index (κ3) is 6.45. The molecule has 0 bridgehead atoms. The number of aryl methyl sites for hydroxylation is 1. The van der Waals surface area contributed by atoms with Gasteiger partial charge in [0, 0.05) is 24.2 Å². The maximum absolute atomic E-state index is 13.9. The summed E-state index contributed by atoms with van der Waals surface area (Å²) in [6, 6.07) is 6.50. The molecule has 8 nitrogen and oxygen atoms in total. The van der Waals surface area contributed by atoms with E-state index in [-0.39, 0.29) is 49.3 Å². The van der Waals surface area contributed by atoms with Crippen LogP contribution in [0.15, 0.2) is 42.5 Å². The lowest BCUT2D eigenvalue weighted by Gasteiger charge is -2.23. The Balaban J connectivity index is 1.95. The average molecular weight is 622 g/mol. The Kier molecular flexibility index (Phi) is 7.98. The van der Waals surface area contributed by atoms with Gasteiger partial charge in [-0.3, -0.25) is 14.2 Å². The second kappa shape index (κ2) is 10.8. The first kappa shape index (κ1) is 29.5. The minimum absolute atomic E-state index is 0.0703. The average Bonchev–Trinajstić information content (AvgIpc) is 3.13. The Hall–Kier alpha value is -3.49. The molecule has 2 aromatic carbocycles. The van der Waals surface area contributed by atoms with Crippen LogP contribution in [-0.2, 0) is 28.3 Å². The summed E-state index contributed by atoms with van der Waals surface area (Å²) in [5.41, 5.74) is 0.467. The predicted molar refractivity (Wildman–Crippen MR) is 139 cm³/mol. The number of hydrogen-bond donors (Lipinski definition) is 2. The molecule has 0 spiro atoms. The molecule has 1 amide bonds. The first-order valence-electron chi connectivity index (χ1n) is 11.2. The molecule has 0 fully saturated rings. The third-order valence-electron chi connectivity index (χ3n) is 5.66. The topological polar surface area (TPSA) is 106 Å². The van der Waals surface area contributed by atoms with Crippen molar-refractivity contribution in [2.75, 3.05) is 11.0 Å². The zero-order valence-corrected chi connectivity index (χ0v) is 22.8. The molecule has 0 unspecified atom stereocenters. The van der Waals surface area contributed by atoms with Gasteiger partial charge in [-0.1, -0.05) is 29.3 Å². The fraction of sp³-hybridized carbons (Fsp3) is 0.208. The van der Waals surface area contributed by atoms with Gasteiger partial charge < -0.3 is 5.32 Å². The number of nitrogens with one attached hydrogen (secondary N) is 2. The Morgan fingerprint density at radius 1 is 1.05 bits per heavy atom. The van der Waals surface area contributed by atoms with E-state index in [1.54, 1.807) is 0 Å². The van der Waals surface area contributed by atoms with Crippen molar-refractivity contribution in [2.45, 2.75) is 18.6 Å². The summed E-state index contributed by atoms with van der Waals surface area (Å²) < 4.78 is 95.0. The summed E-state index contributed by atoms with van der Waals surface area (Å²) in [7, 11) is -2.29. The number of aromatic nitrogens is 3. The number of anilines is 1. The number of halogens is 7. The van der Waals surface area contributed by atoms with Gasteiger partial charge in [0.1, 0.15) is 16.8 Å². The molecular weight excluding hydrogens is 604 g/mol. The standard InChI is InChI=1S/C24H18Cl2F5N5O3S/c1-36-21-15(3-5-16(25)19(21)22(34-36)35-40(2,38)39)14-4-6-18(26)33-20(14)17(32-23(37)24(29,30)31)9-11-7-12(27)10-13(28)8-11/h3-8,10,17H,9H2,1-2H3,(H,32,37)(H,34,35)/t17-/m0/s1. The lowest BCUT2D eigenvalue weighted by atomic mass is 9.94. The van der Waals surface area contributed by atoms with Gasteiger partial charge in [-0.05, 0) is 42.3 Å². The Labute approximate surface area is 234 Å². The molecule has 0 aliphatic heterocycles. The number of carbonyl (C=O) groups excluding carboxylic acids is 1. The molecule has 0 saturated carbocycles. The predicted octanol–water partition coefficient (Wildman–Crippen LogP) is 5.55. The van der Waals surface area contributed by atoms with Crippen LogP contribution >= 0.6 is 23.2 Å². The molecule has 40 heavy (non-hydrogen) atoms. The number of fused-ring (bicyclic) bond motifs is 1. The molecule has 0 saturated heterocycles. The first-order valence-corrected chi connectivity index (χ1v) is 13.8. The fourth-order valence-corrected chi connectivity index (χ4v) is 5.10. The van der Waals surface area contributed by atoms with Gasteiger partial charge in [-0.15, -0.1) is 0 Å². The number of hydrogen-bond acceptors (Lipinski definition) is 5. The number of rotatable bonds is 7. The summed E-state index contributed by atoms with van der Waals surface area (Å²) in [5, 5.41) is 6.15. The zero-order chi connectivity index (χ0) is 29.6. The van der Waals surface area contributed by atoms with Crippen molar-refractivity contribution in [2.24, 2.45) is 7.05 Å². The summed E-state index contributed by atoms with van der Waals surface area (Å²) >= 11 is 12.5. The second-order valence-electron chi connectivity index (χ2n) is 8.74. The maximum atomic E-state index is 13.9. The van der Waals surface area contributed by atoms with Crippen LogP contribution in [0.3, 0.4) is 0 Å². The lowest BCUT2D eigenvalue weighted by molar-refractivity contribution is -0.174. The van der Waals surface area contributed by atoms with Crippen molar-refractivity contribution in [1.29, 1.82) is 0 Å². The van der Waals surface area contributed by atoms with Crippen LogP contribution in [0.2, 0.25) is 10.2 Å². The SMILES string of the molecule is Cn1nc(NS(C)(=O)=O)c2c(Cl)ccc(-c3ccc(Cl)nc3[C@H](Cc3cc(F)cc(F)c3)NC(=O)C(F)(F)F)c21. The van der Waals surface area contributed by atoms with Crippen LogP contribution in [0, 0.1) is 11.6 Å². The van der Waals surface area contributed by atoms with Crippen LogP contribution in [-0.4, -0.2) is 41.5 Å². The Morgan fingerprint density at radius 3 is 2.27 bits per heavy atom. The second-order valence-corrected chi connectivity index (χ2v) is 11.3. The molecule has 16 heteroatoms. The molecule has 4 rings (SSSR count). The molecule has 2 aromatic heterocycles. The van der Waals surface area contributed by atoms with E-state index in [2.05, 4.69) is 14.8 Å². The number of carbonyl (C=O) groups is 1. The fourth-order valence-electron chi connectivity index (χ4n) is 4.21. The quantitative estimate of drug-likeness (QED) is 0.208. The van der Waals surface area contributed by atoms with Gasteiger partial charge in [-0.2, -0.15) is 18.3 Å². The normalized spacial score (nSPS) is 12.9. The summed E-state index contributed by atoms with van der Waals surface area (Å²) in [4.78, 5) is 16.2. The summed E-state index contributed by atoms with van der Waals surface area (Å²) in [6.07, 6.45) is -4.87. The molecule has 0 aliphatic carbocycles. The number of nitrogens with zero attached hydrogens (tertiary/aromatic N) is 3. The van der Waals surface area contributed by atoms with Crippen molar-refractivity contribution in [1.82, 2.24) is 20.1 Å². The first-order chi connectivity index (χ1) is 18.5. The maximum Gasteiger partial charge on any atom is 0.471 e. The van der Waals surface area contributed by atoms with Gasteiger partial charge in [0.05, 0.1) is 33.9 Å². The smallest absolute Gasteiger partial charge is 0.340 e. The van der Waals surface area contributed by atoms with E-state index in [9.17, 15) is 35.2 Å². The van der Waals surface area contributed by atoms with Gasteiger partial charge >= 0.3 is 12.1 Å². The van der Waals surface area contributed by atoms with Gasteiger partial charge in [0.25, 0.3) is 0 Å². The van der Waals surface area contributed by atoms with Crippen LogP contribution < -0.4 is 10.0 Å².